The number of rotatable bonds is 3. The summed E-state index contributed by atoms with van der Waals surface area (Å²) in [4.78, 5) is 11.0. The molecule has 1 heterocycles. The number of halogens is 2. The lowest BCUT2D eigenvalue weighted by Crippen LogP contribution is -2.28. The van der Waals surface area contributed by atoms with Crippen LogP contribution in [0.2, 0.25) is 0 Å². The molecule has 3 rings (SSSR count). The van der Waals surface area contributed by atoms with E-state index >= 15 is 0 Å². The average molecular weight is 320 g/mol. The first-order chi connectivity index (χ1) is 11.0. The lowest BCUT2D eigenvalue weighted by molar-refractivity contribution is -0.0116. The molecule has 2 aromatic rings. The Balaban J connectivity index is 1.96. The first-order valence-electron chi connectivity index (χ1n) is 6.47. The van der Waals surface area contributed by atoms with Gasteiger partial charge in [-0.25, -0.2) is 13.6 Å². The van der Waals surface area contributed by atoms with Crippen LogP contribution in [0.15, 0.2) is 47.6 Å². The van der Waals surface area contributed by atoms with Crippen LogP contribution in [0.5, 0.6) is 0 Å². The van der Waals surface area contributed by atoms with Crippen LogP contribution in [0, 0.1) is 11.6 Å². The molecule has 1 unspecified atom stereocenters. The Morgan fingerprint density at radius 2 is 2.00 bits per heavy atom. The standard InChI is InChI=1S/C15H10F2N2O4/c16-10-4-5-12(11(17)7-10)19-15(22)23-13(18-19)8-2-1-3-9(6-8)14(20)21/h1-7,15,22H,(H,20,21). The van der Waals surface area contributed by atoms with E-state index in [1.165, 1.54) is 24.3 Å². The van der Waals surface area contributed by atoms with E-state index < -0.39 is 24.0 Å². The van der Waals surface area contributed by atoms with Crippen molar-refractivity contribution in [3.8, 4) is 0 Å². The number of aromatic carboxylic acids is 1. The van der Waals surface area contributed by atoms with Gasteiger partial charge in [-0.1, -0.05) is 6.07 Å². The van der Waals surface area contributed by atoms with E-state index in [4.69, 9.17) is 9.84 Å². The quantitative estimate of drug-likeness (QED) is 0.905. The summed E-state index contributed by atoms with van der Waals surface area (Å²) < 4.78 is 31.8. The van der Waals surface area contributed by atoms with Crippen molar-refractivity contribution in [1.82, 2.24) is 0 Å². The molecule has 0 amide bonds. The molecule has 0 saturated heterocycles. The maximum Gasteiger partial charge on any atom is 0.335 e. The Morgan fingerprint density at radius 3 is 2.70 bits per heavy atom. The second-order valence-corrected chi connectivity index (χ2v) is 4.68. The van der Waals surface area contributed by atoms with E-state index in [1.807, 2.05) is 0 Å². The van der Waals surface area contributed by atoms with Gasteiger partial charge in [-0.3, -0.25) is 0 Å². The van der Waals surface area contributed by atoms with Crippen LogP contribution >= 0.6 is 0 Å². The molecule has 118 valence electrons. The van der Waals surface area contributed by atoms with E-state index in [0.717, 1.165) is 17.1 Å². The highest BCUT2D eigenvalue weighted by Gasteiger charge is 2.30. The van der Waals surface area contributed by atoms with Crippen LogP contribution in [-0.4, -0.2) is 28.5 Å². The maximum absolute atomic E-state index is 13.8. The number of carboxylic acids is 1. The van der Waals surface area contributed by atoms with E-state index in [9.17, 15) is 18.7 Å². The number of carbonyl (C=O) groups is 1. The number of hydrazone groups is 1. The fraction of sp³-hybridized carbons (Fsp3) is 0.0667. The third-order valence-corrected chi connectivity index (χ3v) is 3.14. The zero-order chi connectivity index (χ0) is 16.6. The van der Waals surface area contributed by atoms with Crippen molar-refractivity contribution in [3.05, 3.63) is 65.2 Å². The Hall–Kier alpha value is -3.00. The van der Waals surface area contributed by atoms with E-state index in [1.54, 1.807) is 0 Å². The summed E-state index contributed by atoms with van der Waals surface area (Å²) in [5.41, 5.74) is 0.131. The molecule has 1 atom stereocenters. The van der Waals surface area contributed by atoms with Crippen molar-refractivity contribution in [3.63, 3.8) is 0 Å². The van der Waals surface area contributed by atoms with Crippen molar-refractivity contribution >= 4 is 17.6 Å². The molecule has 0 spiro atoms. The van der Waals surface area contributed by atoms with Gasteiger partial charge in [0.2, 0.25) is 5.90 Å². The molecule has 8 heteroatoms. The summed E-state index contributed by atoms with van der Waals surface area (Å²) in [5, 5.41) is 23.6. The largest absolute Gasteiger partial charge is 0.478 e. The lowest BCUT2D eigenvalue weighted by Gasteiger charge is -2.17. The zero-order valence-electron chi connectivity index (χ0n) is 11.5. The monoisotopic (exact) mass is 320 g/mol. The number of anilines is 1. The minimum Gasteiger partial charge on any atom is -0.478 e. The second-order valence-electron chi connectivity index (χ2n) is 4.68. The van der Waals surface area contributed by atoms with Crippen molar-refractivity contribution in [2.24, 2.45) is 5.10 Å². The molecule has 23 heavy (non-hydrogen) atoms. The summed E-state index contributed by atoms with van der Waals surface area (Å²) in [6.07, 6.45) is -1.61. The molecule has 0 saturated carbocycles. The van der Waals surface area contributed by atoms with Gasteiger partial charge < -0.3 is 14.9 Å². The van der Waals surface area contributed by atoms with Gasteiger partial charge in [-0.05, 0) is 30.3 Å². The highest BCUT2D eigenvalue weighted by Crippen LogP contribution is 2.27. The first-order valence-corrected chi connectivity index (χ1v) is 6.47. The predicted molar refractivity (Wildman–Crippen MR) is 75.9 cm³/mol. The number of hydrogen-bond acceptors (Lipinski definition) is 5. The van der Waals surface area contributed by atoms with Gasteiger partial charge in [0.1, 0.15) is 11.5 Å². The Bertz CT molecular complexity index is 810. The number of aliphatic hydroxyl groups excluding tert-OH is 1. The van der Waals surface area contributed by atoms with Gasteiger partial charge >= 0.3 is 12.4 Å². The number of carboxylic acid groups (broad SMARTS) is 1. The fourth-order valence-corrected chi connectivity index (χ4v) is 2.07. The molecule has 1 aliphatic heterocycles. The molecule has 1 aliphatic rings. The summed E-state index contributed by atoms with van der Waals surface area (Å²) in [6, 6.07) is 8.48. The molecule has 0 fully saturated rings. The van der Waals surface area contributed by atoms with Gasteiger partial charge in [0.15, 0.2) is 5.82 Å². The van der Waals surface area contributed by atoms with Crippen LogP contribution in [0.25, 0.3) is 0 Å². The Labute approximate surface area is 128 Å². The van der Waals surface area contributed by atoms with E-state index in [2.05, 4.69) is 5.10 Å². The first kappa shape index (κ1) is 14.9. The SMILES string of the molecule is O=C(O)c1cccc(C2=NN(c3ccc(F)cc3F)C(O)O2)c1. The maximum atomic E-state index is 13.8. The molecule has 6 nitrogen and oxygen atoms in total. The summed E-state index contributed by atoms with van der Waals surface area (Å²) >= 11 is 0. The molecular formula is C15H10F2N2O4. The second kappa shape index (κ2) is 5.65. The summed E-state index contributed by atoms with van der Waals surface area (Å²) in [6.45, 7) is 0. The van der Waals surface area contributed by atoms with Gasteiger partial charge in [-0.2, -0.15) is 5.01 Å². The topological polar surface area (TPSA) is 82.4 Å². The number of benzene rings is 2. The number of nitrogens with zero attached hydrogens (tertiary/aromatic N) is 2. The minimum absolute atomic E-state index is 0.00898. The molecule has 0 aliphatic carbocycles. The number of hydrogen-bond donors (Lipinski definition) is 2. The van der Waals surface area contributed by atoms with Crippen molar-refractivity contribution in [2.75, 3.05) is 5.01 Å². The predicted octanol–water partition coefficient (Wildman–Crippen LogP) is 2.14. The fourth-order valence-electron chi connectivity index (χ4n) is 2.07. The smallest absolute Gasteiger partial charge is 0.335 e. The van der Waals surface area contributed by atoms with Crippen LogP contribution in [-0.2, 0) is 4.74 Å². The lowest BCUT2D eigenvalue weighted by atomic mass is 10.1. The molecule has 0 bridgehead atoms. The minimum atomic E-state index is -1.61. The number of ether oxygens (including phenoxy) is 1. The van der Waals surface area contributed by atoms with Crippen molar-refractivity contribution in [1.29, 1.82) is 0 Å². The van der Waals surface area contributed by atoms with E-state index in [0.29, 0.717) is 11.6 Å². The van der Waals surface area contributed by atoms with Crippen LogP contribution in [0.1, 0.15) is 15.9 Å². The van der Waals surface area contributed by atoms with Crippen LogP contribution in [0.3, 0.4) is 0 Å². The molecule has 0 aromatic heterocycles. The highest BCUT2D eigenvalue weighted by molar-refractivity contribution is 5.98. The third-order valence-electron chi connectivity index (χ3n) is 3.14. The third kappa shape index (κ3) is 2.84. The molecule has 2 N–H and O–H groups in total. The van der Waals surface area contributed by atoms with Gasteiger partial charge in [0.25, 0.3) is 0 Å². The van der Waals surface area contributed by atoms with Crippen molar-refractivity contribution < 1.29 is 28.5 Å². The van der Waals surface area contributed by atoms with Crippen LogP contribution in [0.4, 0.5) is 14.5 Å². The molecule has 0 radical (unpaired) electrons. The summed E-state index contributed by atoms with van der Waals surface area (Å²) in [5.74, 6) is -2.90. The highest BCUT2D eigenvalue weighted by atomic mass is 19.1. The summed E-state index contributed by atoms with van der Waals surface area (Å²) in [7, 11) is 0. The van der Waals surface area contributed by atoms with Crippen molar-refractivity contribution in [2.45, 2.75) is 6.41 Å². The van der Waals surface area contributed by atoms with Crippen LogP contribution < -0.4 is 5.01 Å². The van der Waals surface area contributed by atoms with Gasteiger partial charge in [-0.15, -0.1) is 5.10 Å². The van der Waals surface area contributed by atoms with Gasteiger partial charge in [0.05, 0.1) is 5.56 Å². The van der Waals surface area contributed by atoms with Gasteiger partial charge in [0, 0.05) is 11.6 Å². The average Bonchev–Trinajstić information content (AvgIpc) is 2.89. The number of aliphatic hydroxyl groups is 1. The molecule has 2 aromatic carbocycles. The molecular weight excluding hydrogens is 310 g/mol. The Morgan fingerprint density at radius 1 is 1.22 bits per heavy atom. The normalized spacial score (nSPS) is 16.9. The zero-order valence-corrected chi connectivity index (χ0v) is 11.5. The van der Waals surface area contributed by atoms with E-state index in [-0.39, 0.29) is 17.1 Å². The Kier molecular flexibility index (Phi) is 3.67.